The summed E-state index contributed by atoms with van der Waals surface area (Å²) in [5, 5.41) is 11.1. The molecule has 0 aromatic heterocycles. The second-order valence-electron chi connectivity index (χ2n) is 8.03. The maximum Gasteiger partial charge on any atom is 0.475 e. The molecule has 3 aliphatic heterocycles. The first kappa shape index (κ1) is 24.6. The summed E-state index contributed by atoms with van der Waals surface area (Å²) in [6.07, 6.45) is 3.77. The van der Waals surface area contributed by atoms with Crippen LogP contribution in [0.25, 0.3) is 0 Å². The molecule has 0 saturated carbocycles. The van der Waals surface area contributed by atoms with Crippen molar-refractivity contribution in [3.05, 3.63) is 12.3 Å². The molecule has 12 heteroatoms. The van der Waals surface area contributed by atoms with Gasteiger partial charge in [0.15, 0.2) is 17.6 Å². The highest BCUT2D eigenvalue weighted by Crippen LogP contribution is 2.57. The number of ether oxygens (including phenoxy) is 2. The van der Waals surface area contributed by atoms with E-state index in [4.69, 9.17) is 29.5 Å². The van der Waals surface area contributed by atoms with Crippen LogP contribution in [0.15, 0.2) is 12.3 Å². The number of nitrogens with zero attached hydrogens (tertiary/aromatic N) is 1. The van der Waals surface area contributed by atoms with Crippen molar-refractivity contribution < 1.29 is 47.1 Å². The van der Waals surface area contributed by atoms with Crippen LogP contribution in [-0.4, -0.2) is 71.0 Å². The van der Waals surface area contributed by atoms with Crippen molar-refractivity contribution in [2.24, 2.45) is 5.92 Å². The van der Waals surface area contributed by atoms with E-state index >= 15 is 0 Å². The van der Waals surface area contributed by atoms with E-state index in [1.54, 1.807) is 20.8 Å². The van der Waals surface area contributed by atoms with Crippen LogP contribution in [0.5, 0.6) is 0 Å². The highest BCUT2D eigenvalue weighted by atomic mass is 31.2. The van der Waals surface area contributed by atoms with E-state index in [-0.39, 0.29) is 25.7 Å². The number of rotatable bonds is 7. The fourth-order valence-electron chi connectivity index (χ4n) is 3.43. The number of aliphatic hydroxyl groups is 1. The molecule has 32 heavy (non-hydrogen) atoms. The number of phosphoric ester groups is 1. The molecule has 1 unspecified atom stereocenters. The number of hydrogen-bond acceptors (Lipinski definition) is 10. The van der Waals surface area contributed by atoms with Crippen LogP contribution >= 0.6 is 7.82 Å². The number of amides is 1. The van der Waals surface area contributed by atoms with Gasteiger partial charge in [-0.25, -0.2) is 4.57 Å². The second-order valence-corrected chi connectivity index (χ2v) is 9.66. The van der Waals surface area contributed by atoms with Crippen LogP contribution < -0.4 is 0 Å². The molecule has 0 aromatic carbocycles. The number of phosphoric acid groups is 1. The topological polar surface area (TPSA) is 138 Å². The summed E-state index contributed by atoms with van der Waals surface area (Å²) >= 11 is 0. The van der Waals surface area contributed by atoms with E-state index in [1.165, 1.54) is 12.3 Å². The van der Waals surface area contributed by atoms with Crippen molar-refractivity contribution in [1.82, 2.24) is 4.90 Å². The highest BCUT2D eigenvalue weighted by molar-refractivity contribution is 7.48. The predicted molar refractivity (Wildman–Crippen MR) is 107 cm³/mol. The first-order valence-electron chi connectivity index (χ1n) is 10.1. The Morgan fingerprint density at radius 3 is 2.78 bits per heavy atom. The summed E-state index contributed by atoms with van der Waals surface area (Å²) in [5.74, 6) is 0.227. The molecule has 1 N–H and O–H groups in total. The van der Waals surface area contributed by atoms with Crippen molar-refractivity contribution >= 4 is 25.5 Å². The van der Waals surface area contributed by atoms with Crippen LogP contribution in [0.2, 0.25) is 0 Å². The average molecular weight is 471 g/mol. The number of carbonyl (C=O) groups is 3. The lowest BCUT2D eigenvalue weighted by Gasteiger charge is -2.36. The lowest BCUT2D eigenvalue weighted by molar-refractivity contribution is -0.153. The summed E-state index contributed by atoms with van der Waals surface area (Å²) in [6.45, 7) is 4.68. The standard InChI is InChI=1S/C20H26NO10P/c1-5-20(25)17-15(30-19(20)21-8-6-14(22)10-16(21)23)11-28-32(26,31-17)27-9-7-13(4)18(24)29-12(2)3/h1,6,8,12-13,15,17,19,25H,7,9-11H2,2-4H3/t13?,15-,17-,19-,20-,32+/m1/s1. The van der Waals surface area contributed by atoms with E-state index in [0.29, 0.717) is 0 Å². The van der Waals surface area contributed by atoms with Gasteiger partial charge in [-0.05, 0) is 26.3 Å². The van der Waals surface area contributed by atoms with Crippen molar-refractivity contribution in [3.63, 3.8) is 0 Å². The van der Waals surface area contributed by atoms with E-state index in [0.717, 1.165) is 4.90 Å². The molecule has 0 aliphatic carbocycles. The monoisotopic (exact) mass is 471 g/mol. The van der Waals surface area contributed by atoms with Crippen LogP contribution in [0.4, 0.5) is 0 Å². The highest BCUT2D eigenvalue weighted by Gasteiger charge is 2.63. The quantitative estimate of drug-likeness (QED) is 0.247. The molecular formula is C20H26NO10P. The minimum absolute atomic E-state index is 0.142. The van der Waals surface area contributed by atoms with Gasteiger partial charge in [-0.15, -0.1) is 6.42 Å². The molecule has 3 heterocycles. The van der Waals surface area contributed by atoms with Crippen molar-refractivity contribution in [2.75, 3.05) is 13.2 Å². The van der Waals surface area contributed by atoms with E-state index in [2.05, 4.69) is 5.92 Å². The molecule has 0 spiro atoms. The molecule has 1 amide bonds. The summed E-state index contributed by atoms with van der Waals surface area (Å²) < 4.78 is 39.7. The van der Waals surface area contributed by atoms with Crippen LogP contribution in [-0.2, 0) is 42.0 Å². The number of fused-ring (bicyclic) bond motifs is 1. The zero-order chi connectivity index (χ0) is 23.7. The smallest absolute Gasteiger partial charge is 0.463 e. The number of hydrogen-bond donors (Lipinski definition) is 1. The first-order valence-corrected chi connectivity index (χ1v) is 11.6. The normalized spacial score (nSPS) is 35.5. The Morgan fingerprint density at radius 2 is 2.16 bits per heavy atom. The van der Waals surface area contributed by atoms with E-state index in [9.17, 15) is 24.1 Å². The van der Waals surface area contributed by atoms with Crippen LogP contribution in [0.1, 0.15) is 33.6 Å². The number of esters is 1. The summed E-state index contributed by atoms with van der Waals surface area (Å²) in [5.41, 5.74) is -2.18. The third-order valence-corrected chi connectivity index (χ3v) is 6.61. The summed E-state index contributed by atoms with van der Waals surface area (Å²) in [7, 11) is -4.15. The fraction of sp³-hybridized carbons (Fsp3) is 0.650. The molecule has 2 fully saturated rings. The number of ketones is 1. The van der Waals surface area contributed by atoms with E-state index in [1.807, 2.05) is 0 Å². The Morgan fingerprint density at radius 1 is 1.44 bits per heavy atom. The van der Waals surface area contributed by atoms with Gasteiger partial charge in [-0.3, -0.25) is 32.9 Å². The molecule has 0 radical (unpaired) electrons. The zero-order valence-corrected chi connectivity index (χ0v) is 18.9. The molecule has 6 atom stereocenters. The zero-order valence-electron chi connectivity index (χ0n) is 18.0. The molecule has 3 aliphatic rings. The summed E-state index contributed by atoms with van der Waals surface area (Å²) in [4.78, 5) is 36.6. The van der Waals surface area contributed by atoms with Crippen molar-refractivity contribution in [2.45, 2.75) is 63.8 Å². The van der Waals surface area contributed by atoms with Crippen LogP contribution in [0, 0.1) is 18.3 Å². The molecule has 3 rings (SSSR count). The Hall–Kier alpha value is -2.06. The van der Waals surface area contributed by atoms with Gasteiger partial charge in [-0.1, -0.05) is 12.8 Å². The lowest BCUT2D eigenvalue weighted by Crippen LogP contribution is -2.56. The minimum Gasteiger partial charge on any atom is -0.463 e. The van der Waals surface area contributed by atoms with Gasteiger partial charge >= 0.3 is 13.8 Å². The first-order chi connectivity index (χ1) is 15.0. The van der Waals surface area contributed by atoms with Gasteiger partial charge in [-0.2, -0.15) is 0 Å². The maximum absolute atomic E-state index is 12.9. The Kier molecular flexibility index (Phi) is 7.25. The predicted octanol–water partition coefficient (Wildman–Crippen LogP) is 0.909. The molecule has 176 valence electrons. The second kappa shape index (κ2) is 9.43. The third-order valence-electron chi connectivity index (χ3n) is 5.16. The molecular weight excluding hydrogens is 445 g/mol. The average Bonchev–Trinajstić information content (AvgIpc) is 2.99. The van der Waals surface area contributed by atoms with Crippen LogP contribution in [0.3, 0.4) is 0 Å². The fourth-order valence-corrected chi connectivity index (χ4v) is 4.86. The third kappa shape index (κ3) is 4.96. The molecule has 2 saturated heterocycles. The Bertz CT molecular complexity index is 895. The number of terminal acetylenes is 1. The van der Waals surface area contributed by atoms with Crippen molar-refractivity contribution in [3.8, 4) is 12.3 Å². The largest absolute Gasteiger partial charge is 0.475 e. The van der Waals surface area contributed by atoms with E-state index < -0.39 is 61.9 Å². The van der Waals surface area contributed by atoms with Gasteiger partial charge in [0, 0.05) is 6.20 Å². The SMILES string of the molecule is C#C[C@@]1(O)[C@@H]2O[P@@](=O)(OCCC(C)C(=O)OC(C)C)OC[C@H]2O[C@H]1N1C=CC(=O)CC1=O. The number of carbonyl (C=O) groups excluding carboxylic acids is 3. The van der Waals surface area contributed by atoms with Gasteiger partial charge in [0.2, 0.25) is 5.91 Å². The minimum atomic E-state index is -4.15. The Balaban J connectivity index is 1.66. The molecule has 0 aromatic rings. The summed E-state index contributed by atoms with van der Waals surface area (Å²) in [6, 6.07) is 0. The molecule has 0 bridgehead atoms. The van der Waals surface area contributed by atoms with Gasteiger partial charge in [0.05, 0.1) is 31.7 Å². The maximum atomic E-state index is 12.9. The van der Waals surface area contributed by atoms with Gasteiger partial charge in [0.1, 0.15) is 12.2 Å². The molecule has 11 nitrogen and oxygen atoms in total. The lowest BCUT2D eigenvalue weighted by atomic mass is 9.94. The van der Waals surface area contributed by atoms with Gasteiger partial charge < -0.3 is 14.6 Å². The Labute approximate surface area is 185 Å². The van der Waals surface area contributed by atoms with Crippen molar-refractivity contribution in [1.29, 1.82) is 0 Å². The number of allylic oxidation sites excluding steroid dienone is 1. The van der Waals surface area contributed by atoms with Gasteiger partial charge in [0.25, 0.3) is 0 Å².